The first-order valence-electron chi connectivity index (χ1n) is 9.01. The fourth-order valence-corrected chi connectivity index (χ4v) is 3.31. The van der Waals surface area contributed by atoms with Crippen molar-refractivity contribution in [2.24, 2.45) is 0 Å². The molecule has 30 heavy (non-hydrogen) atoms. The molecule has 0 bridgehead atoms. The Labute approximate surface area is 174 Å². The van der Waals surface area contributed by atoms with E-state index in [2.05, 4.69) is 10.0 Å². The molecular weight excluding hydrogens is 404 g/mol. The van der Waals surface area contributed by atoms with Gasteiger partial charge in [0.25, 0.3) is 5.91 Å². The maximum absolute atomic E-state index is 12.3. The fraction of sp³-hybridized carbons (Fsp3) is 0.0909. The Kier molecular flexibility index (Phi) is 6.48. The zero-order valence-corrected chi connectivity index (χ0v) is 17.0. The molecule has 0 saturated heterocycles. The first kappa shape index (κ1) is 21.1. The minimum absolute atomic E-state index is 0.0166. The van der Waals surface area contributed by atoms with Gasteiger partial charge >= 0.3 is 5.97 Å². The van der Waals surface area contributed by atoms with Crippen LogP contribution in [0.25, 0.3) is 11.1 Å². The zero-order chi connectivity index (χ0) is 21.6. The number of benzene rings is 3. The van der Waals surface area contributed by atoms with Crippen LogP contribution in [0.15, 0.2) is 78.9 Å². The molecule has 3 aromatic rings. The number of ether oxygens (including phenoxy) is 1. The molecule has 3 aromatic carbocycles. The van der Waals surface area contributed by atoms with E-state index in [0.717, 1.165) is 17.4 Å². The molecule has 0 saturated carbocycles. The molecule has 0 aromatic heterocycles. The summed E-state index contributed by atoms with van der Waals surface area (Å²) >= 11 is 0. The van der Waals surface area contributed by atoms with Crippen molar-refractivity contribution in [2.75, 3.05) is 22.9 Å². The SMILES string of the molecule is CS(=O)(=O)Nc1ccccc1C(=O)OCC(=O)Nc1ccc(-c2ccccc2)cc1. The van der Waals surface area contributed by atoms with E-state index in [1.165, 1.54) is 12.1 Å². The molecular formula is C22H20N2O5S. The minimum Gasteiger partial charge on any atom is -0.452 e. The molecule has 0 fully saturated rings. The second-order valence-corrected chi connectivity index (χ2v) is 8.24. The molecule has 154 valence electrons. The van der Waals surface area contributed by atoms with Crippen LogP contribution >= 0.6 is 0 Å². The van der Waals surface area contributed by atoms with Gasteiger partial charge in [-0.1, -0.05) is 54.6 Å². The van der Waals surface area contributed by atoms with Gasteiger partial charge < -0.3 is 10.1 Å². The summed E-state index contributed by atoms with van der Waals surface area (Å²) in [7, 11) is -3.57. The van der Waals surface area contributed by atoms with Gasteiger partial charge in [-0.3, -0.25) is 9.52 Å². The van der Waals surface area contributed by atoms with E-state index < -0.39 is 28.5 Å². The van der Waals surface area contributed by atoms with Gasteiger partial charge in [-0.05, 0) is 35.4 Å². The van der Waals surface area contributed by atoms with E-state index in [1.54, 1.807) is 24.3 Å². The van der Waals surface area contributed by atoms with E-state index in [1.807, 2.05) is 42.5 Å². The molecule has 0 aliphatic carbocycles. The van der Waals surface area contributed by atoms with Crippen LogP contribution in [0, 0.1) is 0 Å². The highest BCUT2D eigenvalue weighted by atomic mass is 32.2. The predicted octanol–water partition coefficient (Wildman–Crippen LogP) is 3.52. The number of nitrogens with one attached hydrogen (secondary N) is 2. The van der Waals surface area contributed by atoms with Gasteiger partial charge in [-0.2, -0.15) is 0 Å². The molecule has 8 heteroatoms. The molecule has 7 nitrogen and oxygen atoms in total. The third-order valence-corrected chi connectivity index (χ3v) is 4.64. The largest absolute Gasteiger partial charge is 0.452 e. The number of sulfonamides is 1. The Morgan fingerprint density at radius 3 is 2.10 bits per heavy atom. The highest BCUT2D eigenvalue weighted by molar-refractivity contribution is 7.92. The summed E-state index contributed by atoms with van der Waals surface area (Å²) in [6.07, 6.45) is 0.978. The van der Waals surface area contributed by atoms with E-state index in [4.69, 9.17) is 4.74 Å². The molecule has 0 radical (unpaired) electrons. The monoisotopic (exact) mass is 424 g/mol. The minimum atomic E-state index is -3.57. The fourth-order valence-electron chi connectivity index (χ4n) is 2.73. The average Bonchev–Trinajstić information content (AvgIpc) is 2.72. The van der Waals surface area contributed by atoms with Crippen LogP contribution in [0.2, 0.25) is 0 Å². The van der Waals surface area contributed by atoms with Gasteiger partial charge in [0.2, 0.25) is 10.0 Å². The normalized spacial score (nSPS) is 10.8. The van der Waals surface area contributed by atoms with Crippen LogP contribution < -0.4 is 10.0 Å². The van der Waals surface area contributed by atoms with Crippen LogP contribution in [0.5, 0.6) is 0 Å². The number of esters is 1. The quantitative estimate of drug-likeness (QED) is 0.565. The summed E-state index contributed by atoms with van der Waals surface area (Å²) in [4.78, 5) is 24.4. The lowest BCUT2D eigenvalue weighted by Crippen LogP contribution is -2.21. The average molecular weight is 424 g/mol. The van der Waals surface area contributed by atoms with Gasteiger partial charge in [0.15, 0.2) is 6.61 Å². The zero-order valence-electron chi connectivity index (χ0n) is 16.2. The Morgan fingerprint density at radius 2 is 1.43 bits per heavy atom. The van der Waals surface area contributed by atoms with Gasteiger partial charge in [-0.25, -0.2) is 13.2 Å². The van der Waals surface area contributed by atoms with Gasteiger partial charge in [0.1, 0.15) is 0 Å². The number of carbonyl (C=O) groups is 2. The van der Waals surface area contributed by atoms with Gasteiger partial charge in [-0.15, -0.1) is 0 Å². The van der Waals surface area contributed by atoms with Crippen LogP contribution in [-0.4, -0.2) is 33.2 Å². The molecule has 0 atom stereocenters. The van der Waals surface area contributed by atoms with Crippen molar-refractivity contribution < 1.29 is 22.7 Å². The summed E-state index contributed by atoms with van der Waals surface area (Å²) in [5, 5.41) is 2.65. The smallest absolute Gasteiger partial charge is 0.340 e. The Morgan fingerprint density at radius 1 is 0.833 bits per heavy atom. The van der Waals surface area contributed by atoms with Gasteiger partial charge in [0.05, 0.1) is 17.5 Å². The molecule has 2 N–H and O–H groups in total. The Balaban J connectivity index is 1.58. The van der Waals surface area contributed by atoms with Crippen LogP contribution in [0.4, 0.5) is 11.4 Å². The Hall–Kier alpha value is -3.65. The number of carbonyl (C=O) groups excluding carboxylic acids is 2. The van der Waals surface area contributed by atoms with Crippen LogP contribution in [0.1, 0.15) is 10.4 Å². The number of amides is 1. The third kappa shape index (κ3) is 5.92. The van der Waals surface area contributed by atoms with Crippen molar-refractivity contribution in [1.82, 2.24) is 0 Å². The highest BCUT2D eigenvalue weighted by Crippen LogP contribution is 2.21. The molecule has 0 heterocycles. The maximum atomic E-state index is 12.3. The molecule has 0 aliphatic heterocycles. The van der Waals surface area contributed by atoms with E-state index in [-0.39, 0.29) is 11.3 Å². The number of hydrogen-bond donors (Lipinski definition) is 2. The third-order valence-electron chi connectivity index (χ3n) is 4.05. The molecule has 3 rings (SSSR count). The van der Waals surface area contributed by atoms with Crippen LogP contribution in [-0.2, 0) is 19.6 Å². The lowest BCUT2D eigenvalue weighted by atomic mass is 10.1. The second-order valence-electron chi connectivity index (χ2n) is 6.49. The molecule has 1 amide bonds. The lowest BCUT2D eigenvalue weighted by molar-refractivity contribution is -0.119. The van der Waals surface area contributed by atoms with Crippen molar-refractivity contribution in [1.29, 1.82) is 0 Å². The first-order chi connectivity index (χ1) is 14.3. The second kappa shape index (κ2) is 9.23. The number of para-hydroxylation sites is 1. The standard InChI is InChI=1S/C22H20N2O5S/c1-30(27,28)24-20-10-6-5-9-19(20)22(26)29-15-21(25)23-18-13-11-17(12-14-18)16-7-3-2-4-8-16/h2-14,24H,15H2,1H3,(H,23,25). The Bertz CT molecular complexity index is 1140. The topological polar surface area (TPSA) is 102 Å². The molecule has 0 spiro atoms. The van der Waals surface area contributed by atoms with Crippen molar-refractivity contribution >= 4 is 33.3 Å². The highest BCUT2D eigenvalue weighted by Gasteiger charge is 2.16. The summed E-state index contributed by atoms with van der Waals surface area (Å²) in [5.74, 6) is -1.32. The summed E-state index contributed by atoms with van der Waals surface area (Å²) < 4.78 is 30.1. The first-order valence-corrected chi connectivity index (χ1v) is 10.9. The van der Waals surface area contributed by atoms with Gasteiger partial charge in [0, 0.05) is 5.69 Å². The van der Waals surface area contributed by atoms with Crippen molar-refractivity contribution in [2.45, 2.75) is 0 Å². The van der Waals surface area contributed by atoms with Crippen molar-refractivity contribution in [3.63, 3.8) is 0 Å². The van der Waals surface area contributed by atoms with E-state index in [9.17, 15) is 18.0 Å². The van der Waals surface area contributed by atoms with Crippen LogP contribution in [0.3, 0.4) is 0 Å². The lowest BCUT2D eigenvalue weighted by Gasteiger charge is -2.11. The molecule has 0 unspecified atom stereocenters. The molecule has 0 aliphatic rings. The van der Waals surface area contributed by atoms with Crippen molar-refractivity contribution in [3.05, 3.63) is 84.4 Å². The summed E-state index contributed by atoms with van der Waals surface area (Å²) in [5.41, 5.74) is 2.74. The number of anilines is 2. The maximum Gasteiger partial charge on any atom is 0.340 e. The van der Waals surface area contributed by atoms with E-state index >= 15 is 0 Å². The summed E-state index contributed by atoms with van der Waals surface area (Å²) in [6, 6.07) is 23.1. The number of rotatable bonds is 7. The number of hydrogen-bond acceptors (Lipinski definition) is 5. The summed E-state index contributed by atoms with van der Waals surface area (Å²) in [6.45, 7) is -0.507. The predicted molar refractivity (Wildman–Crippen MR) is 116 cm³/mol. The van der Waals surface area contributed by atoms with Crippen molar-refractivity contribution in [3.8, 4) is 11.1 Å². The van der Waals surface area contributed by atoms with E-state index in [0.29, 0.717) is 5.69 Å².